The van der Waals surface area contributed by atoms with E-state index < -0.39 is 11.9 Å². The van der Waals surface area contributed by atoms with Gasteiger partial charge in [0.15, 0.2) is 0 Å². The Hall–Kier alpha value is -1.36. The summed E-state index contributed by atoms with van der Waals surface area (Å²) in [6.45, 7) is 1.94. The maximum atomic E-state index is 11.4. The fourth-order valence-electron chi connectivity index (χ4n) is 1.06. The van der Waals surface area contributed by atoms with Crippen molar-refractivity contribution in [1.29, 1.82) is 0 Å². The Morgan fingerprint density at radius 3 is 2.53 bits per heavy atom. The minimum Gasteiger partial charge on any atom is -0.478 e. The molecule has 5 heteroatoms. The fourth-order valence-corrected chi connectivity index (χ4v) is 1.66. The van der Waals surface area contributed by atoms with E-state index in [1.165, 1.54) is 18.2 Å². The zero-order chi connectivity index (χ0) is 11.4. The minimum atomic E-state index is -1.09. The van der Waals surface area contributed by atoms with Crippen molar-refractivity contribution in [2.24, 2.45) is 0 Å². The fraction of sp³-hybridized carbons (Fsp3) is 0.200. The normalized spacial score (nSPS) is 9.73. The first-order chi connectivity index (χ1) is 7.07. The number of aromatic carboxylic acids is 1. The van der Waals surface area contributed by atoms with Crippen LogP contribution in [-0.4, -0.2) is 23.7 Å². The lowest BCUT2D eigenvalue weighted by Gasteiger charge is -2.05. The molecule has 0 spiro atoms. The van der Waals surface area contributed by atoms with Crippen LogP contribution in [0.2, 0.25) is 0 Å². The van der Waals surface area contributed by atoms with Gasteiger partial charge in [-0.3, -0.25) is 0 Å². The molecule has 0 heterocycles. The van der Waals surface area contributed by atoms with Gasteiger partial charge in [-0.1, -0.05) is 6.07 Å². The first-order valence-electron chi connectivity index (χ1n) is 4.26. The van der Waals surface area contributed by atoms with Crippen molar-refractivity contribution in [2.45, 2.75) is 6.92 Å². The number of ether oxygens (including phenoxy) is 1. The number of carboxylic acid groups (broad SMARTS) is 1. The molecule has 0 aromatic heterocycles. The second kappa shape index (κ2) is 4.93. The van der Waals surface area contributed by atoms with Crippen LogP contribution in [0.25, 0.3) is 0 Å². The van der Waals surface area contributed by atoms with Gasteiger partial charge in [-0.05, 0) is 35.0 Å². The van der Waals surface area contributed by atoms with Crippen LogP contribution in [0.15, 0.2) is 22.7 Å². The van der Waals surface area contributed by atoms with E-state index in [9.17, 15) is 9.59 Å². The summed E-state index contributed by atoms with van der Waals surface area (Å²) in [5.74, 6) is -1.62. The third-order valence-electron chi connectivity index (χ3n) is 1.72. The predicted octanol–water partition coefficient (Wildman–Crippen LogP) is 2.32. The monoisotopic (exact) mass is 272 g/mol. The SMILES string of the molecule is CCOC(=O)c1cccc(C(=O)O)c1Br. The van der Waals surface area contributed by atoms with Crippen molar-refractivity contribution in [3.05, 3.63) is 33.8 Å². The summed E-state index contributed by atoms with van der Waals surface area (Å²) in [5.41, 5.74) is 0.261. The second-order valence-electron chi connectivity index (χ2n) is 2.69. The molecule has 0 aliphatic heterocycles. The van der Waals surface area contributed by atoms with Crippen LogP contribution in [0.3, 0.4) is 0 Å². The Morgan fingerprint density at radius 1 is 1.40 bits per heavy atom. The smallest absolute Gasteiger partial charge is 0.339 e. The van der Waals surface area contributed by atoms with E-state index in [0.717, 1.165) is 0 Å². The van der Waals surface area contributed by atoms with Crippen LogP contribution in [0.4, 0.5) is 0 Å². The van der Waals surface area contributed by atoms with Crippen molar-refractivity contribution < 1.29 is 19.4 Å². The van der Waals surface area contributed by atoms with Gasteiger partial charge < -0.3 is 9.84 Å². The minimum absolute atomic E-state index is 0.0422. The molecule has 0 radical (unpaired) electrons. The molecule has 0 fully saturated rings. The average Bonchev–Trinajstić information content (AvgIpc) is 2.17. The van der Waals surface area contributed by atoms with Gasteiger partial charge in [-0.25, -0.2) is 9.59 Å². The number of rotatable bonds is 3. The Balaban J connectivity index is 3.15. The Kier molecular flexibility index (Phi) is 3.85. The first-order valence-corrected chi connectivity index (χ1v) is 5.06. The van der Waals surface area contributed by atoms with Crippen LogP contribution in [0.1, 0.15) is 27.6 Å². The number of carbonyl (C=O) groups is 2. The van der Waals surface area contributed by atoms with Crippen molar-refractivity contribution in [2.75, 3.05) is 6.61 Å². The van der Waals surface area contributed by atoms with E-state index >= 15 is 0 Å². The molecular weight excluding hydrogens is 264 g/mol. The van der Waals surface area contributed by atoms with E-state index in [-0.39, 0.29) is 22.2 Å². The standard InChI is InChI=1S/C10H9BrO4/c1-2-15-10(14)7-5-3-4-6(8(7)11)9(12)13/h3-5H,2H2,1H3,(H,12,13). The molecule has 0 saturated carbocycles. The summed E-state index contributed by atoms with van der Waals surface area (Å²) >= 11 is 3.07. The van der Waals surface area contributed by atoms with Crippen molar-refractivity contribution in [3.8, 4) is 0 Å². The molecule has 0 bridgehead atoms. The second-order valence-corrected chi connectivity index (χ2v) is 3.49. The first kappa shape index (κ1) is 11.7. The molecule has 80 valence electrons. The summed E-state index contributed by atoms with van der Waals surface area (Å²) in [4.78, 5) is 22.2. The maximum absolute atomic E-state index is 11.4. The van der Waals surface area contributed by atoms with Gasteiger partial charge in [0, 0.05) is 4.47 Å². The van der Waals surface area contributed by atoms with Crippen molar-refractivity contribution in [1.82, 2.24) is 0 Å². The molecule has 0 unspecified atom stereocenters. The lowest BCUT2D eigenvalue weighted by atomic mass is 10.1. The van der Waals surface area contributed by atoms with Crippen LogP contribution in [0, 0.1) is 0 Å². The van der Waals surface area contributed by atoms with Gasteiger partial charge in [0.05, 0.1) is 17.7 Å². The molecule has 0 atom stereocenters. The van der Waals surface area contributed by atoms with Crippen molar-refractivity contribution in [3.63, 3.8) is 0 Å². The highest BCUT2D eigenvalue weighted by Crippen LogP contribution is 2.22. The van der Waals surface area contributed by atoms with Gasteiger partial charge in [-0.2, -0.15) is 0 Å². The largest absolute Gasteiger partial charge is 0.478 e. The highest BCUT2D eigenvalue weighted by atomic mass is 79.9. The quantitative estimate of drug-likeness (QED) is 0.858. The van der Waals surface area contributed by atoms with Gasteiger partial charge in [0.25, 0.3) is 0 Å². The highest BCUT2D eigenvalue weighted by Gasteiger charge is 2.16. The molecule has 1 N–H and O–H groups in total. The Morgan fingerprint density at radius 2 is 2.00 bits per heavy atom. The molecular formula is C10H9BrO4. The van der Waals surface area contributed by atoms with Crippen molar-refractivity contribution >= 4 is 27.9 Å². The van der Waals surface area contributed by atoms with E-state index in [2.05, 4.69) is 15.9 Å². The highest BCUT2D eigenvalue weighted by molar-refractivity contribution is 9.10. The van der Waals surface area contributed by atoms with Gasteiger partial charge in [0.2, 0.25) is 0 Å². The van der Waals surface area contributed by atoms with Gasteiger partial charge >= 0.3 is 11.9 Å². The number of carboxylic acids is 1. The zero-order valence-electron chi connectivity index (χ0n) is 7.99. The van der Waals surface area contributed by atoms with E-state index in [1.807, 2.05) is 0 Å². The number of halogens is 1. The number of hydrogen-bond acceptors (Lipinski definition) is 3. The van der Waals surface area contributed by atoms with Crippen LogP contribution in [-0.2, 0) is 4.74 Å². The lowest BCUT2D eigenvalue weighted by Crippen LogP contribution is -2.08. The van der Waals surface area contributed by atoms with E-state index in [0.29, 0.717) is 0 Å². The third-order valence-corrected chi connectivity index (χ3v) is 2.58. The molecule has 0 aliphatic carbocycles. The predicted molar refractivity (Wildman–Crippen MR) is 57.1 cm³/mol. The van der Waals surface area contributed by atoms with Crippen LogP contribution < -0.4 is 0 Å². The number of carbonyl (C=O) groups excluding carboxylic acids is 1. The maximum Gasteiger partial charge on any atom is 0.339 e. The summed E-state index contributed by atoms with van der Waals surface area (Å²) in [5, 5.41) is 8.82. The molecule has 1 rings (SSSR count). The summed E-state index contributed by atoms with van der Waals surface area (Å²) in [7, 11) is 0. The third kappa shape index (κ3) is 2.56. The summed E-state index contributed by atoms with van der Waals surface area (Å²) in [6, 6.07) is 4.42. The molecule has 0 aliphatic rings. The molecule has 4 nitrogen and oxygen atoms in total. The van der Waals surface area contributed by atoms with Crippen LogP contribution in [0.5, 0.6) is 0 Å². The summed E-state index contributed by atoms with van der Waals surface area (Å²) < 4.78 is 5.03. The lowest BCUT2D eigenvalue weighted by molar-refractivity contribution is 0.0525. The topological polar surface area (TPSA) is 63.6 Å². The molecule has 1 aromatic carbocycles. The Bertz CT molecular complexity index is 400. The van der Waals surface area contributed by atoms with Crippen LogP contribution >= 0.6 is 15.9 Å². The molecule has 0 amide bonds. The molecule has 1 aromatic rings. The molecule has 15 heavy (non-hydrogen) atoms. The number of esters is 1. The van der Waals surface area contributed by atoms with E-state index in [4.69, 9.17) is 9.84 Å². The summed E-state index contributed by atoms with van der Waals surface area (Å²) in [6.07, 6.45) is 0. The van der Waals surface area contributed by atoms with E-state index in [1.54, 1.807) is 6.92 Å². The average molecular weight is 273 g/mol. The number of hydrogen-bond donors (Lipinski definition) is 1. The molecule has 0 saturated heterocycles. The number of benzene rings is 1. The zero-order valence-corrected chi connectivity index (χ0v) is 9.58. The Labute approximate surface area is 95.0 Å². The van der Waals surface area contributed by atoms with Gasteiger partial charge in [-0.15, -0.1) is 0 Å². The van der Waals surface area contributed by atoms with Gasteiger partial charge in [0.1, 0.15) is 0 Å².